The van der Waals surface area contributed by atoms with Crippen molar-refractivity contribution in [2.75, 3.05) is 26.7 Å². The molecule has 2 atom stereocenters. The van der Waals surface area contributed by atoms with E-state index in [2.05, 4.69) is 18.9 Å². The molecule has 13 heavy (non-hydrogen) atoms. The fourth-order valence-electron chi connectivity index (χ4n) is 2.36. The van der Waals surface area contributed by atoms with Gasteiger partial charge in [0.05, 0.1) is 0 Å². The van der Waals surface area contributed by atoms with Crippen molar-refractivity contribution < 1.29 is 4.74 Å². The van der Waals surface area contributed by atoms with Crippen LogP contribution >= 0.6 is 0 Å². The number of rotatable bonds is 0. The van der Waals surface area contributed by atoms with Gasteiger partial charge in [-0.2, -0.15) is 0 Å². The van der Waals surface area contributed by atoms with Crippen LogP contribution in [0.5, 0.6) is 0 Å². The quantitative estimate of drug-likeness (QED) is 0.605. The molecule has 0 amide bonds. The number of nitrogens with two attached hydrogens (primary N) is 1. The summed E-state index contributed by atoms with van der Waals surface area (Å²) in [5, 5.41) is 0. The van der Waals surface area contributed by atoms with Gasteiger partial charge in [0.1, 0.15) is 5.72 Å². The van der Waals surface area contributed by atoms with E-state index < -0.39 is 0 Å². The van der Waals surface area contributed by atoms with E-state index in [0.717, 1.165) is 26.0 Å². The summed E-state index contributed by atoms with van der Waals surface area (Å²) in [6.07, 6.45) is 3.38. The van der Waals surface area contributed by atoms with Gasteiger partial charge in [0, 0.05) is 25.0 Å². The molecule has 2 fully saturated rings. The first-order chi connectivity index (χ1) is 6.06. The van der Waals surface area contributed by atoms with Crippen LogP contribution in [0.1, 0.15) is 26.2 Å². The molecule has 2 aliphatic rings. The lowest BCUT2D eigenvalue weighted by atomic mass is 10.1. The summed E-state index contributed by atoms with van der Waals surface area (Å²) in [7, 11) is 2.18. The summed E-state index contributed by atoms with van der Waals surface area (Å²) in [5.41, 5.74) is 6.02. The predicted molar refractivity (Wildman–Crippen MR) is 52.3 cm³/mol. The summed E-state index contributed by atoms with van der Waals surface area (Å²) in [5.74, 6) is 0. The Kier molecular flexibility index (Phi) is 2.13. The van der Waals surface area contributed by atoms with E-state index in [0.29, 0.717) is 0 Å². The average molecular weight is 184 g/mol. The van der Waals surface area contributed by atoms with E-state index in [4.69, 9.17) is 10.5 Å². The second-order valence-electron chi connectivity index (χ2n) is 4.92. The fraction of sp³-hybridized carbons (Fsp3) is 1.00. The molecule has 0 spiro atoms. The first kappa shape index (κ1) is 9.44. The van der Waals surface area contributed by atoms with Crippen LogP contribution in [0.3, 0.4) is 0 Å². The van der Waals surface area contributed by atoms with Gasteiger partial charge >= 0.3 is 0 Å². The highest BCUT2D eigenvalue weighted by molar-refractivity contribution is 5.12. The summed E-state index contributed by atoms with van der Waals surface area (Å²) in [6.45, 7) is 5.31. The number of nitrogens with zero attached hydrogens (tertiary/aromatic N) is 1. The average Bonchev–Trinajstić information content (AvgIpc) is 2.51. The van der Waals surface area contributed by atoms with Crippen LogP contribution in [0.4, 0.5) is 0 Å². The van der Waals surface area contributed by atoms with Gasteiger partial charge in [-0.25, -0.2) is 0 Å². The summed E-state index contributed by atoms with van der Waals surface area (Å²) >= 11 is 0. The Balaban J connectivity index is 2.04. The van der Waals surface area contributed by atoms with Crippen molar-refractivity contribution in [1.82, 2.24) is 4.90 Å². The number of hydrogen-bond acceptors (Lipinski definition) is 3. The highest BCUT2D eigenvalue weighted by Crippen LogP contribution is 2.55. The number of fused-ring (bicyclic) bond motifs is 1. The number of hydrogen-bond donors (Lipinski definition) is 1. The molecule has 0 bridgehead atoms. The molecule has 1 heterocycles. The monoisotopic (exact) mass is 184 g/mol. The lowest BCUT2D eigenvalue weighted by Crippen LogP contribution is -2.37. The molecule has 0 radical (unpaired) electrons. The lowest BCUT2D eigenvalue weighted by Gasteiger charge is -2.22. The first-order valence-electron chi connectivity index (χ1n) is 5.17. The van der Waals surface area contributed by atoms with Crippen molar-refractivity contribution in [3.05, 3.63) is 0 Å². The molecule has 1 saturated carbocycles. The maximum absolute atomic E-state index is 6.14. The van der Waals surface area contributed by atoms with Crippen LogP contribution in [0, 0.1) is 5.41 Å². The Morgan fingerprint density at radius 1 is 1.38 bits per heavy atom. The van der Waals surface area contributed by atoms with Crippen LogP contribution in [-0.2, 0) is 4.74 Å². The van der Waals surface area contributed by atoms with Gasteiger partial charge in [0.2, 0.25) is 0 Å². The van der Waals surface area contributed by atoms with Gasteiger partial charge < -0.3 is 15.4 Å². The summed E-state index contributed by atoms with van der Waals surface area (Å²) in [6, 6.07) is 0. The van der Waals surface area contributed by atoms with Crippen molar-refractivity contribution in [2.45, 2.75) is 31.9 Å². The second kappa shape index (κ2) is 2.94. The molecule has 2 N–H and O–H groups in total. The summed E-state index contributed by atoms with van der Waals surface area (Å²) in [4.78, 5) is 2.38. The number of ether oxygens (including phenoxy) is 1. The molecule has 2 rings (SSSR count). The predicted octanol–water partition coefficient (Wildman–Crippen LogP) is 0.794. The maximum Gasteiger partial charge on any atom is 0.124 e. The highest BCUT2D eigenvalue weighted by Gasteiger charge is 2.63. The summed E-state index contributed by atoms with van der Waals surface area (Å²) < 4.78 is 5.73. The van der Waals surface area contributed by atoms with Crippen LogP contribution in [0.15, 0.2) is 0 Å². The van der Waals surface area contributed by atoms with E-state index in [1.165, 1.54) is 13.0 Å². The normalized spacial score (nSPS) is 47.3. The first-order valence-corrected chi connectivity index (χ1v) is 5.17. The zero-order valence-electron chi connectivity index (χ0n) is 8.68. The van der Waals surface area contributed by atoms with Crippen LogP contribution in [-0.4, -0.2) is 37.4 Å². The minimum absolute atomic E-state index is 0.200. The molecule has 1 aliphatic heterocycles. The lowest BCUT2D eigenvalue weighted by molar-refractivity contribution is 0.00675. The van der Waals surface area contributed by atoms with Crippen LogP contribution < -0.4 is 5.73 Å². The standard InChI is InChI=1S/C10H20N2O/c1-9-7-10(9,11)13-6-4-3-5-12(2)8-9/h3-8,11H2,1-2H3. The fourth-order valence-corrected chi connectivity index (χ4v) is 2.36. The van der Waals surface area contributed by atoms with Gasteiger partial charge in [-0.05, 0) is 26.4 Å². The van der Waals surface area contributed by atoms with Gasteiger partial charge in [0.15, 0.2) is 0 Å². The van der Waals surface area contributed by atoms with Crippen molar-refractivity contribution in [3.63, 3.8) is 0 Å². The SMILES string of the molecule is CN1CCCCOC2(N)CC2(C)C1. The van der Waals surface area contributed by atoms with Gasteiger partial charge in [-0.1, -0.05) is 6.92 Å². The Morgan fingerprint density at radius 2 is 2.15 bits per heavy atom. The van der Waals surface area contributed by atoms with Crippen molar-refractivity contribution in [2.24, 2.45) is 11.1 Å². The van der Waals surface area contributed by atoms with E-state index in [9.17, 15) is 0 Å². The third-order valence-electron chi connectivity index (χ3n) is 3.46. The zero-order valence-corrected chi connectivity index (χ0v) is 8.68. The van der Waals surface area contributed by atoms with E-state index in [-0.39, 0.29) is 11.1 Å². The highest BCUT2D eigenvalue weighted by atomic mass is 16.5. The second-order valence-corrected chi connectivity index (χ2v) is 4.92. The molecule has 76 valence electrons. The molecular formula is C10H20N2O. The van der Waals surface area contributed by atoms with Crippen LogP contribution in [0.2, 0.25) is 0 Å². The molecule has 0 aromatic carbocycles. The molecule has 1 saturated heterocycles. The van der Waals surface area contributed by atoms with Gasteiger partial charge in [0.25, 0.3) is 0 Å². The van der Waals surface area contributed by atoms with Crippen molar-refractivity contribution >= 4 is 0 Å². The van der Waals surface area contributed by atoms with Gasteiger partial charge in [-0.15, -0.1) is 0 Å². The third kappa shape index (κ3) is 1.60. The Labute approximate surface area is 80.2 Å². The Hall–Kier alpha value is -0.120. The largest absolute Gasteiger partial charge is 0.360 e. The smallest absolute Gasteiger partial charge is 0.124 e. The molecule has 1 aliphatic carbocycles. The van der Waals surface area contributed by atoms with Crippen molar-refractivity contribution in [3.8, 4) is 0 Å². The molecule has 3 nitrogen and oxygen atoms in total. The third-order valence-corrected chi connectivity index (χ3v) is 3.46. The Morgan fingerprint density at radius 3 is 2.92 bits per heavy atom. The molecular weight excluding hydrogens is 164 g/mol. The van der Waals surface area contributed by atoms with Crippen molar-refractivity contribution in [1.29, 1.82) is 0 Å². The molecule has 3 heteroatoms. The van der Waals surface area contributed by atoms with E-state index >= 15 is 0 Å². The van der Waals surface area contributed by atoms with Gasteiger partial charge in [-0.3, -0.25) is 0 Å². The molecule has 0 aromatic heterocycles. The molecule has 0 aromatic rings. The minimum Gasteiger partial charge on any atom is -0.360 e. The zero-order chi connectivity index (χ0) is 9.53. The minimum atomic E-state index is -0.314. The topological polar surface area (TPSA) is 38.5 Å². The van der Waals surface area contributed by atoms with E-state index in [1.54, 1.807) is 0 Å². The maximum atomic E-state index is 6.14. The van der Waals surface area contributed by atoms with Crippen LogP contribution in [0.25, 0.3) is 0 Å². The molecule has 2 unspecified atom stereocenters. The van der Waals surface area contributed by atoms with E-state index in [1.807, 2.05) is 0 Å². The Bertz CT molecular complexity index is 209.